The Labute approximate surface area is 104 Å². The molecule has 1 saturated carbocycles. The lowest BCUT2D eigenvalue weighted by molar-refractivity contribution is 0.0442. The van der Waals surface area contributed by atoms with Crippen molar-refractivity contribution in [1.82, 2.24) is 0 Å². The molecule has 0 bridgehead atoms. The highest BCUT2D eigenvalue weighted by Gasteiger charge is 2.33. The average Bonchev–Trinajstić information content (AvgIpc) is 2.40. The fraction of sp³-hybridized carbons (Fsp3) is 0.625. The second kappa shape index (κ2) is 4.81. The molecule has 0 saturated heterocycles. The Morgan fingerprint density at radius 3 is 2.53 bits per heavy atom. The fourth-order valence-corrected chi connectivity index (χ4v) is 3.82. The van der Waals surface area contributed by atoms with Crippen molar-refractivity contribution < 1.29 is 5.11 Å². The van der Waals surface area contributed by atoms with E-state index in [-0.39, 0.29) is 6.10 Å². The van der Waals surface area contributed by atoms with E-state index in [2.05, 4.69) is 24.3 Å². The fourth-order valence-electron chi connectivity index (χ4n) is 3.82. The van der Waals surface area contributed by atoms with E-state index in [0.29, 0.717) is 5.92 Å². The van der Waals surface area contributed by atoms with Crippen LogP contribution in [0.2, 0.25) is 0 Å². The van der Waals surface area contributed by atoms with Crippen LogP contribution in [0.3, 0.4) is 0 Å². The van der Waals surface area contributed by atoms with Crippen molar-refractivity contribution in [3.05, 3.63) is 35.4 Å². The highest BCUT2D eigenvalue weighted by Crippen LogP contribution is 2.43. The SMILES string of the molecule is O[C@@H]1c2ccccc2CC[C@@H]1C1CCCCC1. The van der Waals surface area contributed by atoms with Gasteiger partial charge in [-0.25, -0.2) is 0 Å². The molecule has 1 heteroatoms. The van der Waals surface area contributed by atoms with Crippen LogP contribution < -0.4 is 0 Å². The first-order valence-electron chi connectivity index (χ1n) is 7.12. The van der Waals surface area contributed by atoms with Gasteiger partial charge < -0.3 is 5.11 Å². The summed E-state index contributed by atoms with van der Waals surface area (Å²) in [6.45, 7) is 0. The second-order valence-corrected chi connectivity index (χ2v) is 5.74. The van der Waals surface area contributed by atoms with Gasteiger partial charge in [-0.05, 0) is 35.8 Å². The van der Waals surface area contributed by atoms with Crippen molar-refractivity contribution in [2.75, 3.05) is 0 Å². The van der Waals surface area contributed by atoms with Gasteiger partial charge in [-0.2, -0.15) is 0 Å². The van der Waals surface area contributed by atoms with Crippen molar-refractivity contribution in [1.29, 1.82) is 0 Å². The number of fused-ring (bicyclic) bond motifs is 1. The summed E-state index contributed by atoms with van der Waals surface area (Å²) in [5.74, 6) is 1.29. The summed E-state index contributed by atoms with van der Waals surface area (Å²) in [5, 5.41) is 10.6. The first-order valence-corrected chi connectivity index (χ1v) is 7.12. The maximum absolute atomic E-state index is 10.6. The molecule has 0 aliphatic heterocycles. The zero-order chi connectivity index (χ0) is 11.7. The van der Waals surface area contributed by atoms with Crippen LogP contribution in [0.15, 0.2) is 24.3 Å². The lowest BCUT2D eigenvalue weighted by Crippen LogP contribution is -2.28. The largest absolute Gasteiger partial charge is 0.388 e. The molecule has 0 unspecified atom stereocenters. The number of hydrogen-bond donors (Lipinski definition) is 1. The Morgan fingerprint density at radius 1 is 0.941 bits per heavy atom. The molecule has 0 heterocycles. The molecule has 17 heavy (non-hydrogen) atoms. The van der Waals surface area contributed by atoms with Crippen LogP contribution in [-0.2, 0) is 6.42 Å². The van der Waals surface area contributed by atoms with E-state index in [0.717, 1.165) is 12.3 Å². The minimum atomic E-state index is -0.206. The summed E-state index contributed by atoms with van der Waals surface area (Å²) in [6.07, 6.45) is 8.95. The van der Waals surface area contributed by atoms with Crippen LogP contribution in [-0.4, -0.2) is 5.11 Å². The van der Waals surface area contributed by atoms with Gasteiger partial charge in [-0.15, -0.1) is 0 Å². The predicted octanol–water partition coefficient (Wildman–Crippen LogP) is 3.86. The van der Waals surface area contributed by atoms with Gasteiger partial charge in [0, 0.05) is 0 Å². The minimum absolute atomic E-state index is 0.206. The molecular weight excluding hydrogens is 208 g/mol. The second-order valence-electron chi connectivity index (χ2n) is 5.74. The zero-order valence-electron chi connectivity index (χ0n) is 10.4. The molecule has 0 aromatic heterocycles. The molecule has 1 aromatic rings. The van der Waals surface area contributed by atoms with Gasteiger partial charge in [0.2, 0.25) is 0 Å². The van der Waals surface area contributed by atoms with Crippen LogP contribution >= 0.6 is 0 Å². The van der Waals surface area contributed by atoms with Gasteiger partial charge in [0.25, 0.3) is 0 Å². The van der Waals surface area contributed by atoms with Gasteiger partial charge in [-0.3, -0.25) is 0 Å². The molecule has 1 nitrogen and oxygen atoms in total. The van der Waals surface area contributed by atoms with E-state index in [4.69, 9.17) is 0 Å². The molecule has 0 amide bonds. The van der Waals surface area contributed by atoms with E-state index < -0.39 is 0 Å². The summed E-state index contributed by atoms with van der Waals surface area (Å²) < 4.78 is 0. The van der Waals surface area contributed by atoms with Gasteiger partial charge in [-0.1, -0.05) is 56.4 Å². The summed E-state index contributed by atoms with van der Waals surface area (Å²) in [6, 6.07) is 8.45. The zero-order valence-corrected chi connectivity index (χ0v) is 10.4. The van der Waals surface area contributed by atoms with E-state index in [1.165, 1.54) is 49.7 Å². The number of aryl methyl sites for hydroxylation is 1. The van der Waals surface area contributed by atoms with Crippen LogP contribution in [0.5, 0.6) is 0 Å². The Bertz CT molecular complexity index is 379. The third-order valence-corrected chi connectivity index (χ3v) is 4.78. The van der Waals surface area contributed by atoms with Crippen LogP contribution in [0, 0.1) is 11.8 Å². The van der Waals surface area contributed by atoms with Crippen molar-refractivity contribution in [3.8, 4) is 0 Å². The predicted molar refractivity (Wildman–Crippen MR) is 69.8 cm³/mol. The number of rotatable bonds is 1. The molecule has 0 radical (unpaired) electrons. The van der Waals surface area contributed by atoms with E-state index in [9.17, 15) is 5.11 Å². The summed E-state index contributed by atoms with van der Waals surface area (Å²) >= 11 is 0. The van der Waals surface area contributed by atoms with Gasteiger partial charge in [0.15, 0.2) is 0 Å². The smallest absolute Gasteiger partial charge is 0.0823 e. The third kappa shape index (κ3) is 2.13. The molecule has 3 rings (SSSR count). The number of aliphatic hydroxyl groups excluding tert-OH is 1. The Morgan fingerprint density at radius 2 is 1.71 bits per heavy atom. The standard InChI is InChI=1S/C16H22O/c17-16-14-9-5-4-8-13(14)10-11-15(16)12-6-2-1-3-7-12/h4-5,8-9,12,15-17H,1-3,6-7,10-11H2/t15-,16-/m1/s1. The molecule has 2 aliphatic rings. The number of benzene rings is 1. The average molecular weight is 230 g/mol. The third-order valence-electron chi connectivity index (χ3n) is 4.78. The number of hydrogen-bond acceptors (Lipinski definition) is 1. The van der Waals surface area contributed by atoms with Crippen molar-refractivity contribution in [2.45, 2.75) is 51.0 Å². The van der Waals surface area contributed by atoms with Gasteiger partial charge in [0.1, 0.15) is 0 Å². The molecular formula is C16H22O. The first kappa shape index (κ1) is 11.3. The molecule has 0 spiro atoms. The van der Waals surface area contributed by atoms with Crippen molar-refractivity contribution >= 4 is 0 Å². The topological polar surface area (TPSA) is 20.2 Å². The van der Waals surface area contributed by atoms with Crippen LogP contribution in [0.25, 0.3) is 0 Å². The maximum Gasteiger partial charge on any atom is 0.0823 e. The van der Waals surface area contributed by atoms with Gasteiger partial charge >= 0.3 is 0 Å². The summed E-state index contributed by atoms with van der Waals surface area (Å²) in [7, 11) is 0. The molecule has 1 N–H and O–H groups in total. The normalized spacial score (nSPS) is 29.9. The lowest BCUT2D eigenvalue weighted by Gasteiger charge is -2.37. The minimum Gasteiger partial charge on any atom is -0.388 e. The van der Waals surface area contributed by atoms with E-state index in [1.54, 1.807) is 0 Å². The Balaban J connectivity index is 1.81. The Kier molecular flexibility index (Phi) is 3.19. The molecule has 2 atom stereocenters. The lowest BCUT2D eigenvalue weighted by atomic mass is 9.70. The van der Waals surface area contributed by atoms with E-state index >= 15 is 0 Å². The maximum atomic E-state index is 10.6. The Hall–Kier alpha value is -0.820. The van der Waals surface area contributed by atoms with Crippen LogP contribution in [0.1, 0.15) is 55.8 Å². The quantitative estimate of drug-likeness (QED) is 0.776. The molecule has 92 valence electrons. The molecule has 2 aliphatic carbocycles. The van der Waals surface area contributed by atoms with Crippen LogP contribution in [0.4, 0.5) is 0 Å². The van der Waals surface area contributed by atoms with Crippen molar-refractivity contribution in [2.24, 2.45) is 11.8 Å². The van der Waals surface area contributed by atoms with E-state index in [1.807, 2.05) is 0 Å². The highest BCUT2D eigenvalue weighted by molar-refractivity contribution is 5.32. The highest BCUT2D eigenvalue weighted by atomic mass is 16.3. The first-order chi connectivity index (χ1) is 8.36. The van der Waals surface area contributed by atoms with Crippen molar-refractivity contribution in [3.63, 3.8) is 0 Å². The van der Waals surface area contributed by atoms with Gasteiger partial charge in [0.05, 0.1) is 6.10 Å². The molecule has 1 aromatic carbocycles. The number of aliphatic hydroxyl groups is 1. The molecule has 1 fully saturated rings. The monoisotopic (exact) mass is 230 g/mol. The summed E-state index contributed by atoms with van der Waals surface area (Å²) in [5.41, 5.74) is 2.57. The summed E-state index contributed by atoms with van der Waals surface area (Å²) in [4.78, 5) is 0.